The number of halogens is 2. The Labute approximate surface area is 157 Å². The Hall–Kier alpha value is -2.27. The lowest BCUT2D eigenvalue weighted by Crippen LogP contribution is -2.44. The van der Waals surface area contributed by atoms with E-state index in [-0.39, 0.29) is 42.0 Å². The number of aliphatic hydroxyl groups is 1. The number of carbonyl (C=O) groups excluding carboxylic acids is 1. The van der Waals surface area contributed by atoms with Gasteiger partial charge in [0.15, 0.2) is 11.6 Å². The maximum Gasteiger partial charge on any atom is 0.227 e. The zero-order chi connectivity index (χ0) is 19.0. The van der Waals surface area contributed by atoms with Gasteiger partial charge in [-0.2, -0.15) is 0 Å². The fraction of sp³-hybridized carbons (Fsp3) is 0.409. The topological polar surface area (TPSA) is 40.5 Å². The Morgan fingerprint density at radius 1 is 1.11 bits per heavy atom. The van der Waals surface area contributed by atoms with Crippen molar-refractivity contribution < 1.29 is 18.7 Å². The molecule has 0 radical (unpaired) electrons. The summed E-state index contributed by atoms with van der Waals surface area (Å²) >= 11 is 0. The molecule has 3 atom stereocenters. The summed E-state index contributed by atoms with van der Waals surface area (Å²) in [5.74, 6) is -2.07. The molecule has 27 heavy (non-hydrogen) atoms. The maximum atomic E-state index is 14.0. The van der Waals surface area contributed by atoms with E-state index in [0.717, 1.165) is 30.9 Å². The van der Waals surface area contributed by atoms with E-state index in [4.69, 9.17) is 0 Å². The van der Waals surface area contributed by atoms with Gasteiger partial charge in [0.2, 0.25) is 5.91 Å². The summed E-state index contributed by atoms with van der Waals surface area (Å²) in [6.45, 7) is 0.0150. The van der Waals surface area contributed by atoms with Crippen molar-refractivity contribution in [2.24, 2.45) is 5.41 Å². The molecule has 2 fully saturated rings. The van der Waals surface area contributed by atoms with Crippen molar-refractivity contribution in [3.05, 3.63) is 71.3 Å². The highest BCUT2D eigenvalue weighted by Crippen LogP contribution is 2.51. The molecule has 0 unspecified atom stereocenters. The van der Waals surface area contributed by atoms with E-state index in [1.54, 1.807) is 0 Å². The average molecular weight is 371 g/mol. The number of aliphatic hydroxyl groups excluding tert-OH is 1. The van der Waals surface area contributed by atoms with E-state index in [0.29, 0.717) is 6.42 Å². The van der Waals surface area contributed by atoms with Crippen molar-refractivity contribution in [1.82, 2.24) is 4.90 Å². The lowest BCUT2D eigenvalue weighted by molar-refractivity contribution is -0.132. The van der Waals surface area contributed by atoms with Gasteiger partial charge >= 0.3 is 0 Å². The SMILES string of the molecule is O=C(Cc1cccc(F)c1F)N1[C@H]2CC[C@@H]1[C@@](CO)(Cc1ccccc1)C2. The van der Waals surface area contributed by atoms with Crippen LogP contribution in [0.5, 0.6) is 0 Å². The second-order valence-corrected chi connectivity index (χ2v) is 7.82. The molecule has 2 heterocycles. The second kappa shape index (κ2) is 7.04. The van der Waals surface area contributed by atoms with E-state index in [1.165, 1.54) is 12.1 Å². The van der Waals surface area contributed by atoms with Gasteiger partial charge in [-0.1, -0.05) is 42.5 Å². The molecular weight excluding hydrogens is 348 g/mol. The van der Waals surface area contributed by atoms with Crippen LogP contribution in [0, 0.1) is 17.0 Å². The molecule has 2 bridgehead atoms. The second-order valence-electron chi connectivity index (χ2n) is 7.82. The van der Waals surface area contributed by atoms with E-state index >= 15 is 0 Å². The third-order valence-corrected chi connectivity index (χ3v) is 6.23. The predicted octanol–water partition coefficient (Wildman–Crippen LogP) is 3.49. The molecule has 1 N–H and O–H groups in total. The van der Waals surface area contributed by atoms with Gasteiger partial charge in [-0.15, -0.1) is 0 Å². The summed E-state index contributed by atoms with van der Waals surface area (Å²) in [6.07, 6.45) is 3.06. The Kier molecular flexibility index (Phi) is 4.72. The number of benzene rings is 2. The van der Waals surface area contributed by atoms with Crippen LogP contribution < -0.4 is 0 Å². The van der Waals surface area contributed by atoms with Crippen molar-refractivity contribution in [2.75, 3.05) is 6.61 Å². The number of hydrogen-bond acceptors (Lipinski definition) is 2. The Morgan fingerprint density at radius 3 is 2.63 bits per heavy atom. The number of amides is 1. The number of fused-ring (bicyclic) bond motifs is 2. The molecule has 2 saturated heterocycles. The summed E-state index contributed by atoms with van der Waals surface area (Å²) in [5.41, 5.74) is 0.868. The number of hydrogen-bond donors (Lipinski definition) is 1. The molecule has 0 aliphatic carbocycles. The average Bonchev–Trinajstić information content (AvgIpc) is 3.22. The zero-order valence-electron chi connectivity index (χ0n) is 15.1. The quantitative estimate of drug-likeness (QED) is 0.874. The molecule has 4 rings (SSSR count). The van der Waals surface area contributed by atoms with E-state index in [2.05, 4.69) is 0 Å². The van der Waals surface area contributed by atoms with E-state index < -0.39 is 11.6 Å². The number of rotatable bonds is 5. The first kappa shape index (κ1) is 18.1. The van der Waals surface area contributed by atoms with Crippen molar-refractivity contribution in [3.63, 3.8) is 0 Å². The minimum atomic E-state index is -0.949. The van der Waals surface area contributed by atoms with Gasteiger partial charge in [-0.05, 0) is 37.3 Å². The Morgan fingerprint density at radius 2 is 1.89 bits per heavy atom. The van der Waals surface area contributed by atoms with Crippen LogP contribution in [0.3, 0.4) is 0 Å². The van der Waals surface area contributed by atoms with E-state index in [9.17, 15) is 18.7 Å². The summed E-state index contributed by atoms with van der Waals surface area (Å²) < 4.78 is 27.4. The zero-order valence-corrected chi connectivity index (χ0v) is 15.1. The third kappa shape index (κ3) is 3.14. The molecule has 2 aliphatic heterocycles. The van der Waals surface area contributed by atoms with Crippen LogP contribution in [0.1, 0.15) is 30.4 Å². The Bertz CT molecular complexity index is 841. The summed E-state index contributed by atoms with van der Waals surface area (Å²) in [6, 6.07) is 13.9. The minimum Gasteiger partial charge on any atom is -0.396 e. The molecule has 142 valence electrons. The van der Waals surface area contributed by atoms with Crippen LogP contribution in [0.2, 0.25) is 0 Å². The fourth-order valence-corrected chi connectivity index (χ4v) is 5.02. The molecular formula is C22H23F2NO2. The molecule has 2 aromatic rings. The number of nitrogens with zero attached hydrogens (tertiary/aromatic N) is 1. The Balaban J connectivity index is 1.56. The van der Waals surface area contributed by atoms with Gasteiger partial charge in [-0.3, -0.25) is 4.79 Å². The predicted molar refractivity (Wildman–Crippen MR) is 98.0 cm³/mol. The molecule has 0 aromatic heterocycles. The molecule has 2 aromatic carbocycles. The number of carbonyl (C=O) groups is 1. The highest BCUT2D eigenvalue weighted by molar-refractivity contribution is 5.80. The maximum absolute atomic E-state index is 14.0. The molecule has 0 spiro atoms. The highest BCUT2D eigenvalue weighted by atomic mass is 19.2. The van der Waals surface area contributed by atoms with Crippen LogP contribution in [0.15, 0.2) is 48.5 Å². The monoisotopic (exact) mass is 371 g/mol. The molecule has 0 saturated carbocycles. The van der Waals surface area contributed by atoms with Crippen LogP contribution in [0.25, 0.3) is 0 Å². The normalized spacial score (nSPS) is 26.6. The van der Waals surface area contributed by atoms with E-state index in [1.807, 2.05) is 35.2 Å². The summed E-state index contributed by atoms with van der Waals surface area (Å²) in [4.78, 5) is 14.8. The van der Waals surface area contributed by atoms with Crippen molar-refractivity contribution >= 4 is 5.91 Å². The first-order valence-corrected chi connectivity index (χ1v) is 9.43. The standard InChI is InChI=1S/C22H23F2NO2/c23-18-8-4-7-16(21(18)24)11-20(27)25-17-9-10-19(25)22(13-17,14-26)12-15-5-2-1-3-6-15/h1-8,17,19,26H,9-14H2/t17-,19+,22-/m0/s1. The third-order valence-electron chi connectivity index (χ3n) is 6.23. The molecule has 5 heteroatoms. The smallest absolute Gasteiger partial charge is 0.227 e. The first-order chi connectivity index (χ1) is 13.0. The van der Waals surface area contributed by atoms with Crippen molar-refractivity contribution in [3.8, 4) is 0 Å². The largest absolute Gasteiger partial charge is 0.396 e. The first-order valence-electron chi connectivity index (χ1n) is 9.43. The van der Waals surface area contributed by atoms with Crippen LogP contribution in [0.4, 0.5) is 8.78 Å². The van der Waals surface area contributed by atoms with Gasteiger partial charge in [0.05, 0.1) is 13.0 Å². The molecule has 2 aliphatic rings. The van der Waals surface area contributed by atoms with Gasteiger partial charge in [0, 0.05) is 23.1 Å². The van der Waals surface area contributed by atoms with Crippen molar-refractivity contribution in [1.29, 1.82) is 0 Å². The lowest BCUT2D eigenvalue weighted by atomic mass is 9.70. The van der Waals surface area contributed by atoms with Gasteiger partial charge in [0.1, 0.15) is 0 Å². The molecule has 1 amide bonds. The molecule has 3 nitrogen and oxygen atoms in total. The lowest BCUT2D eigenvalue weighted by Gasteiger charge is -2.36. The van der Waals surface area contributed by atoms with Crippen LogP contribution >= 0.6 is 0 Å². The van der Waals surface area contributed by atoms with Crippen LogP contribution in [-0.2, 0) is 17.6 Å². The summed E-state index contributed by atoms with van der Waals surface area (Å²) in [7, 11) is 0. The highest BCUT2D eigenvalue weighted by Gasteiger charge is 2.56. The van der Waals surface area contributed by atoms with Gasteiger partial charge in [0.25, 0.3) is 0 Å². The minimum absolute atomic E-state index is 0.0150. The fourth-order valence-electron chi connectivity index (χ4n) is 5.02. The summed E-state index contributed by atoms with van der Waals surface area (Å²) in [5, 5.41) is 10.2. The van der Waals surface area contributed by atoms with Gasteiger partial charge < -0.3 is 10.0 Å². The van der Waals surface area contributed by atoms with Crippen LogP contribution in [-0.4, -0.2) is 34.6 Å². The van der Waals surface area contributed by atoms with Crippen molar-refractivity contribution in [2.45, 2.75) is 44.2 Å². The van der Waals surface area contributed by atoms with Gasteiger partial charge in [-0.25, -0.2) is 8.78 Å².